The monoisotopic (exact) mass is 254 g/mol. The molecule has 5 heteroatoms. The van der Waals surface area contributed by atoms with Crippen LogP contribution < -0.4 is 5.32 Å². The zero-order valence-corrected chi connectivity index (χ0v) is 10.6. The maximum Gasteiger partial charge on any atom is 0.308 e. The molecule has 0 aromatic carbocycles. The van der Waals surface area contributed by atoms with Crippen LogP contribution in [0.3, 0.4) is 0 Å². The first kappa shape index (κ1) is 12.5. The summed E-state index contributed by atoms with van der Waals surface area (Å²) in [5, 5.41) is 14.5. The van der Waals surface area contributed by atoms with Crippen molar-refractivity contribution in [2.24, 2.45) is 5.92 Å². The number of aliphatic carboxylic acids is 1. The fourth-order valence-corrected chi connectivity index (χ4v) is 2.89. The molecule has 0 aliphatic carbocycles. The van der Waals surface area contributed by atoms with E-state index in [0.717, 1.165) is 31.1 Å². The van der Waals surface area contributed by atoms with Gasteiger partial charge in [0.1, 0.15) is 0 Å². The van der Waals surface area contributed by atoms with Crippen LogP contribution in [0.4, 0.5) is 0 Å². The lowest BCUT2D eigenvalue weighted by Gasteiger charge is -2.29. The minimum Gasteiger partial charge on any atom is -0.481 e. The highest BCUT2D eigenvalue weighted by atomic mass is 32.1. The molecule has 1 saturated heterocycles. The molecule has 1 aliphatic heterocycles. The minimum atomic E-state index is -0.683. The van der Waals surface area contributed by atoms with Gasteiger partial charge in [0.05, 0.1) is 5.92 Å². The Morgan fingerprint density at radius 3 is 2.88 bits per heavy atom. The number of nitrogens with one attached hydrogen (secondary N) is 1. The molecule has 0 saturated carbocycles. The number of thiophene rings is 1. The van der Waals surface area contributed by atoms with Crippen LogP contribution >= 0.6 is 11.3 Å². The third-order valence-corrected chi connectivity index (χ3v) is 3.96. The van der Waals surface area contributed by atoms with E-state index < -0.39 is 5.97 Å². The Bertz CT molecular complexity index is 347. The van der Waals surface area contributed by atoms with Gasteiger partial charge in [-0.2, -0.15) is 0 Å². The Morgan fingerprint density at radius 2 is 2.29 bits per heavy atom. The number of carboxylic acids is 1. The van der Waals surface area contributed by atoms with Crippen molar-refractivity contribution in [3.8, 4) is 0 Å². The highest BCUT2D eigenvalue weighted by Gasteiger charge is 2.22. The van der Waals surface area contributed by atoms with Crippen LogP contribution in [0.25, 0.3) is 0 Å². The Morgan fingerprint density at radius 1 is 1.53 bits per heavy atom. The van der Waals surface area contributed by atoms with Gasteiger partial charge in [0.15, 0.2) is 0 Å². The molecule has 1 aromatic heterocycles. The molecule has 0 spiro atoms. The van der Waals surface area contributed by atoms with E-state index in [0.29, 0.717) is 13.0 Å². The smallest absolute Gasteiger partial charge is 0.308 e. The fraction of sp³-hybridized carbons (Fsp3) is 0.583. The van der Waals surface area contributed by atoms with E-state index in [-0.39, 0.29) is 5.92 Å². The molecule has 1 atom stereocenters. The van der Waals surface area contributed by atoms with Gasteiger partial charge in [-0.3, -0.25) is 9.69 Å². The lowest BCUT2D eigenvalue weighted by atomic mass is 10.0. The second kappa shape index (κ2) is 6.14. The summed E-state index contributed by atoms with van der Waals surface area (Å²) in [5.74, 6) is -0.969. The van der Waals surface area contributed by atoms with Crippen molar-refractivity contribution in [1.82, 2.24) is 10.2 Å². The summed E-state index contributed by atoms with van der Waals surface area (Å²) in [7, 11) is 0. The zero-order chi connectivity index (χ0) is 12.1. The highest BCUT2D eigenvalue weighted by Crippen LogP contribution is 2.16. The summed E-state index contributed by atoms with van der Waals surface area (Å²) < 4.78 is 0. The predicted molar refractivity (Wildman–Crippen MR) is 68.5 cm³/mol. The number of hydrogen-bond acceptors (Lipinski definition) is 4. The fourth-order valence-electron chi connectivity index (χ4n) is 2.11. The van der Waals surface area contributed by atoms with Crippen molar-refractivity contribution in [2.75, 3.05) is 32.7 Å². The number of carboxylic acid groups (broad SMARTS) is 1. The van der Waals surface area contributed by atoms with E-state index >= 15 is 0 Å². The Hall–Kier alpha value is -0.910. The SMILES string of the molecule is O=C(O)C(Cc1cccs1)CN1CCNCC1. The van der Waals surface area contributed by atoms with Crippen molar-refractivity contribution in [2.45, 2.75) is 6.42 Å². The second-order valence-electron chi connectivity index (χ2n) is 4.37. The molecule has 0 amide bonds. The van der Waals surface area contributed by atoms with Crippen molar-refractivity contribution in [3.05, 3.63) is 22.4 Å². The summed E-state index contributed by atoms with van der Waals surface area (Å²) in [6.07, 6.45) is 0.650. The van der Waals surface area contributed by atoms with Gasteiger partial charge >= 0.3 is 5.97 Å². The van der Waals surface area contributed by atoms with Crippen LogP contribution in [0.5, 0.6) is 0 Å². The summed E-state index contributed by atoms with van der Waals surface area (Å²) >= 11 is 1.64. The lowest BCUT2D eigenvalue weighted by molar-refractivity contribution is -0.142. The van der Waals surface area contributed by atoms with E-state index in [4.69, 9.17) is 0 Å². The van der Waals surface area contributed by atoms with Crippen LogP contribution in [-0.2, 0) is 11.2 Å². The molecular formula is C12H18N2O2S. The van der Waals surface area contributed by atoms with Gasteiger partial charge in [-0.05, 0) is 17.9 Å². The van der Waals surface area contributed by atoms with Crippen LogP contribution in [0.15, 0.2) is 17.5 Å². The Kier molecular flexibility index (Phi) is 4.53. The minimum absolute atomic E-state index is 0.285. The first-order valence-electron chi connectivity index (χ1n) is 5.94. The zero-order valence-electron chi connectivity index (χ0n) is 9.76. The lowest BCUT2D eigenvalue weighted by Crippen LogP contribution is -2.46. The third-order valence-electron chi connectivity index (χ3n) is 3.07. The van der Waals surface area contributed by atoms with E-state index in [1.807, 2.05) is 17.5 Å². The van der Waals surface area contributed by atoms with Crippen LogP contribution in [0.1, 0.15) is 4.88 Å². The normalized spacial score (nSPS) is 19.1. The number of nitrogens with zero attached hydrogens (tertiary/aromatic N) is 1. The standard InChI is InChI=1S/C12H18N2O2S/c15-12(16)10(8-11-2-1-7-17-11)9-14-5-3-13-4-6-14/h1-2,7,10,13H,3-6,8-9H2,(H,15,16). The Labute approximate surface area is 105 Å². The van der Waals surface area contributed by atoms with Crippen LogP contribution in [0, 0.1) is 5.92 Å². The van der Waals surface area contributed by atoms with Crippen molar-refractivity contribution < 1.29 is 9.90 Å². The molecule has 1 aromatic rings. The molecule has 2 heterocycles. The Balaban J connectivity index is 1.90. The molecular weight excluding hydrogens is 236 g/mol. The van der Waals surface area contributed by atoms with Crippen molar-refractivity contribution in [1.29, 1.82) is 0 Å². The topological polar surface area (TPSA) is 52.6 Å². The number of carbonyl (C=O) groups is 1. The first-order chi connectivity index (χ1) is 8.25. The van der Waals surface area contributed by atoms with Gasteiger partial charge in [0.2, 0.25) is 0 Å². The van der Waals surface area contributed by atoms with Crippen molar-refractivity contribution >= 4 is 17.3 Å². The molecule has 1 fully saturated rings. The van der Waals surface area contributed by atoms with Gasteiger partial charge in [-0.1, -0.05) is 6.07 Å². The summed E-state index contributed by atoms with van der Waals surface area (Å²) in [6.45, 7) is 4.49. The molecule has 4 nitrogen and oxygen atoms in total. The molecule has 2 rings (SSSR count). The summed E-state index contributed by atoms with van der Waals surface area (Å²) in [5.41, 5.74) is 0. The second-order valence-corrected chi connectivity index (χ2v) is 5.40. The van der Waals surface area contributed by atoms with E-state index in [1.165, 1.54) is 0 Å². The quantitative estimate of drug-likeness (QED) is 0.819. The van der Waals surface area contributed by atoms with Crippen molar-refractivity contribution in [3.63, 3.8) is 0 Å². The summed E-state index contributed by atoms with van der Waals surface area (Å²) in [4.78, 5) is 14.7. The van der Waals surface area contributed by atoms with Gasteiger partial charge in [-0.25, -0.2) is 0 Å². The van der Waals surface area contributed by atoms with Gasteiger partial charge in [0, 0.05) is 37.6 Å². The maximum atomic E-state index is 11.3. The number of piperazine rings is 1. The van der Waals surface area contributed by atoms with Gasteiger partial charge in [0.25, 0.3) is 0 Å². The molecule has 94 valence electrons. The third kappa shape index (κ3) is 3.80. The molecule has 2 N–H and O–H groups in total. The molecule has 0 radical (unpaired) electrons. The summed E-state index contributed by atoms with van der Waals surface area (Å²) in [6, 6.07) is 3.99. The highest BCUT2D eigenvalue weighted by molar-refractivity contribution is 7.09. The van der Waals surface area contributed by atoms with Crippen LogP contribution in [-0.4, -0.2) is 48.7 Å². The predicted octanol–water partition coefficient (Wildman–Crippen LogP) is 0.897. The van der Waals surface area contributed by atoms with Gasteiger partial charge < -0.3 is 10.4 Å². The maximum absolute atomic E-state index is 11.3. The van der Waals surface area contributed by atoms with E-state index in [9.17, 15) is 9.90 Å². The molecule has 17 heavy (non-hydrogen) atoms. The first-order valence-corrected chi connectivity index (χ1v) is 6.82. The van der Waals surface area contributed by atoms with Gasteiger partial charge in [-0.15, -0.1) is 11.3 Å². The molecule has 1 unspecified atom stereocenters. The largest absolute Gasteiger partial charge is 0.481 e. The molecule has 0 bridgehead atoms. The average molecular weight is 254 g/mol. The number of rotatable bonds is 5. The number of hydrogen-bond donors (Lipinski definition) is 2. The van der Waals surface area contributed by atoms with E-state index in [2.05, 4.69) is 10.2 Å². The molecule has 1 aliphatic rings. The van der Waals surface area contributed by atoms with E-state index in [1.54, 1.807) is 11.3 Å². The average Bonchev–Trinajstić information content (AvgIpc) is 2.82. The van der Waals surface area contributed by atoms with Crippen LogP contribution in [0.2, 0.25) is 0 Å².